The molecule has 47 heavy (non-hydrogen) atoms. The van der Waals surface area contributed by atoms with Gasteiger partial charge >= 0.3 is 12.2 Å². The van der Waals surface area contributed by atoms with Crippen molar-refractivity contribution in [3.8, 4) is 11.1 Å². The van der Waals surface area contributed by atoms with Crippen LogP contribution in [0.1, 0.15) is 71.4 Å². The number of fused-ring (bicyclic) bond motifs is 13. The Morgan fingerprint density at radius 2 is 0.851 bits per heavy atom. The lowest BCUT2D eigenvalue weighted by Crippen LogP contribution is -2.44. The number of nitrogens with zero attached hydrogens (tertiary/aromatic N) is 1. The van der Waals surface area contributed by atoms with Crippen LogP contribution in [0.2, 0.25) is 0 Å². The van der Waals surface area contributed by atoms with E-state index in [2.05, 4.69) is 97.1 Å². The zero-order valence-electron chi connectivity index (χ0n) is 28.0. The second-order valence-corrected chi connectivity index (χ2v) is 14.6. The van der Waals surface area contributed by atoms with Gasteiger partial charge in [0.15, 0.2) is 0 Å². The van der Waals surface area contributed by atoms with Gasteiger partial charge in [-0.15, -0.1) is 0 Å². The predicted octanol–water partition coefficient (Wildman–Crippen LogP) is 11.4. The Hall–Kier alpha value is -4.90. The Bertz CT molecular complexity index is 2050. The lowest BCUT2D eigenvalue weighted by Gasteiger charge is -2.29. The van der Waals surface area contributed by atoms with Crippen LogP contribution < -0.4 is 0 Å². The van der Waals surface area contributed by atoms with E-state index in [1.807, 2.05) is 0 Å². The molecule has 0 aromatic heterocycles. The van der Waals surface area contributed by atoms with Gasteiger partial charge in [0, 0.05) is 12.5 Å². The van der Waals surface area contributed by atoms with Crippen LogP contribution in [0.4, 0.5) is 9.59 Å². The van der Waals surface area contributed by atoms with Crippen molar-refractivity contribution in [3.05, 3.63) is 108 Å². The van der Waals surface area contributed by atoms with Gasteiger partial charge in [0.05, 0.1) is 0 Å². The Morgan fingerprint density at radius 1 is 0.532 bits per heavy atom. The quantitative estimate of drug-likeness (QED) is 0.183. The smallest absolute Gasteiger partial charge is 0.419 e. The van der Waals surface area contributed by atoms with Crippen molar-refractivity contribution in [3.63, 3.8) is 0 Å². The number of hydrogen-bond acceptors (Lipinski definition) is 4. The van der Waals surface area contributed by atoms with Gasteiger partial charge in [0.2, 0.25) is 0 Å². The molecule has 0 aliphatic heterocycles. The summed E-state index contributed by atoms with van der Waals surface area (Å²) in [5.41, 5.74) is 3.71. The number of benzene rings is 6. The van der Waals surface area contributed by atoms with Gasteiger partial charge in [-0.2, -0.15) is 0 Å². The molecule has 0 atom stereocenters. The fraction of sp³-hybridized carbons (Fsp3) is 0.286. The molecule has 0 unspecified atom stereocenters. The normalized spacial score (nSPS) is 13.2. The molecule has 0 heterocycles. The standard InChI is InChI=1S/C42H41NO4/c1-41(2,3)46-39(44)43(40(45)47-42(4,5)6)25-15-24-34-35-30-20-11-7-16-26(30)28-18-9-13-22-32(28)37(35)38-33-23-14-10-19-29(33)27-17-8-12-21-31(27)36(34)38/h7-14,16-23,34H,15,24-25H2,1-6H3. The molecule has 5 nitrogen and oxygen atoms in total. The maximum atomic E-state index is 13.4. The fourth-order valence-corrected chi connectivity index (χ4v) is 7.38. The number of imide groups is 1. The van der Waals surface area contributed by atoms with E-state index in [4.69, 9.17) is 9.47 Å². The largest absolute Gasteiger partial charge is 0.443 e. The van der Waals surface area contributed by atoms with Crippen LogP contribution >= 0.6 is 0 Å². The number of carbonyl (C=O) groups is 2. The zero-order chi connectivity index (χ0) is 33.1. The molecular weight excluding hydrogens is 582 g/mol. The summed E-state index contributed by atoms with van der Waals surface area (Å²) >= 11 is 0. The van der Waals surface area contributed by atoms with Gasteiger partial charge in [0.25, 0.3) is 0 Å². The summed E-state index contributed by atoms with van der Waals surface area (Å²) in [6.07, 6.45) is -0.0735. The molecule has 1 aliphatic rings. The first-order chi connectivity index (χ1) is 22.4. The minimum Gasteiger partial charge on any atom is -0.443 e. The third kappa shape index (κ3) is 5.48. The van der Waals surface area contributed by atoms with Crippen molar-refractivity contribution in [1.82, 2.24) is 4.90 Å². The molecule has 0 saturated carbocycles. The van der Waals surface area contributed by atoms with Crippen molar-refractivity contribution in [2.45, 2.75) is 71.5 Å². The van der Waals surface area contributed by atoms with Crippen molar-refractivity contribution in [2.75, 3.05) is 6.54 Å². The highest BCUT2D eigenvalue weighted by Gasteiger charge is 2.37. The minimum atomic E-state index is -0.749. The van der Waals surface area contributed by atoms with E-state index >= 15 is 0 Å². The molecule has 0 fully saturated rings. The van der Waals surface area contributed by atoms with Crippen LogP contribution in [0.3, 0.4) is 0 Å². The van der Waals surface area contributed by atoms with Gasteiger partial charge in [-0.05, 0) is 120 Å². The lowest BCUT2D eigenvalue weighted by atomic mass is 9.85. The molecule has 6 aromatic carbocycles. The Kier molecular flexibility index (Phi) is 7.46. The van der Waals surface area contributed by atoms with E-state index in [-0.39, 0.29) is 12.5 Å². The molecule has 0 saturated heterocycles. The van der Waals surface area contributed by atoms with Crippen LogP contribution in [0.15, 0.2) is 97.1 Å². The zero-order valence-corrected chi connectivity index (χ0v) is 28.0. The number of carbonyl (C=O) groups excluding carboxylic acids is 2. The van der Waals surface area contributed by atoms with E-state index in [9.17, 15) is 9.59 Å². The van der Waals surface area contributed by atoms with Gasteiger partial charge < -0.3 is 9.47 Å². The highest BCUT2D eigenvalue weighted by molar-refractivity contribution is 6.25. The van der Waals surface area contributed by atoms with Gasteiger partial charge in [-0.3, -0.25) is 0 Å². The van der Waals surface area contributed by atoms with E-state index in [1.54, 1.807) is 41.5 Å². The van der Waals surface area contributed by atoms with Crippen LogP contribution in [-0.2, 0) is 9.47 Å². The first-order valence-corrected chi connectivity index (χ1v) is 16.5. The lowest BCUT2D eigenvalue weighted by molar-refractivity contribution is 0.00116. The highest BCUT2D eigenvalue weighted by Crippen LogP contribution is 2.57. The Balaban J connectivity index is 1.41. The third-order valence-corrected chi connectivity index (χ3v) is 9.00. The van der Waals surface area contributed by atoms with Crippen LogP contribution in [-0.4, -0.2) is 34.8 Å². The Labute approximate surface area is 276 Å². The average Bonchev–Trinajstić information content (AvgIpc) is 3.37. The molecule has 2 amide bonds. The van der Waals surface area contributed by atoms with E-state index in [1.165, 1.54) is 65.3 Å². The first kappa shape index (κ1) is 30.7. The molecule has 0 bridgehead atoms. The molecule has 1 aliphatic carbocycles. The monoisotopic (exact) mass is 623 g/mol. The summed E-state index contributed by atoms with van der Waals surface area (Å²) in [5, 5.41) is 9.93. The van der Waals surface area contributed by atoms with Gasteiger partial charge in [0.1, 0.15) is 11.2 Å². The van der Waals surface area contributed by atoms with Crippen LogP contribution in [0.25, 0.3) is 54.2 Å². The van der Waals surface area contributed by atoms with Crippen LogP contribution in [0, 0.1) is 0 Å². The number of rotatable bonds is 4. The van der Waals surface area contributed by atoms with E-state index < -0.39 is 23.4 Å². The van der Waals surface area contributed by atoms with E-state index in [0.717, 1.165) is 11.3 Å². The summed E-state index contributed by atoms with van der Waals surface area (Å²) in [4.78, 5) is 27.8. The molecule has 238 valence electrons. The number of amides is 2. The molecule has 0 spiro atoms. The summed E-state index contributed by atoms with van der Waals surface area (Å²) in [6, 6.07) is 34.9. The summed E-state index contributed by atoms with van der Waals surface area (Å²) in [7, 11) is 0. The molecule has 6 aromatic rings. The van der Waals surface area contributed by atoms with Crippen LogP contribution in [0.5, 0.6) is 0 Å². The highest BCUT2D eigenvalue weighted by atomic mass is 16.6. The topological polar surface area (TPSA) is 55.8 Å². The predicted molar refractivity (Wildman–Crippen MR) is 192 cm³/mol. The molecule has 0 N–H and O–H groups in total. The van der Waals surface area contributed by atoms with Gasteiger partial charge in [-0.25, -0.2) is 14.5 Å². The third-order valence-electron chi connectivity index (χ3n) is 9.00. The Morgan fingerprint density at radius 3 is 1.21 bits per heavy atom. The summed E-state index contributed by atoms with van der Waals surface area (Å²) in [6.45, 7) is 11.0. The average molecular weight is 624 g/mol. The maximum absolute atomic E-state index is 13.4. The SMILES string of the molecule is CC(C)(C)OC(=O)N(CCCC1c2c(c3ccccc3c3ccccc23)-c2c1c1ccccc1c1ccccc21)C(=O)OC(C)(C)C. The summed E-state index contributed by atoms with van der Waals surface area (Å²) in [5.74, 6) is 0.0446. The summed E-state index contributed by atoms with van der Waals surface area (Å²) < 4.78 is 11.3. The number of hydrogen-bond donors (Lipinski definition) is 0. The minimum absolute atomic E-state index is 0.0446. The molecule has 5 heteroatoms. The second kappa shape index (κ2) is 11.4. The first-order valence-electron chi connectivity index (χ1n) is 16.5. The molecule has 0 radical (unpaired) electrons. The van der Waals surface area contributed by atoms with Crippen molar-refractivity contribution in [1.29, 1.82) is 0 Å². The maximum Gasteiger partial charge on any atom is 0.419 e. The van der Waals surface area contributed by atoms with Crippen molar-refractivity contribution in [2.24, 2.45) is 0 Å². The van der Waals surface area contributed by atoms with Crippen molar-refractivity contribution >= 4 is 55.3 Å². The van der Waals surface area contributed by atoms with Gasteiger partial charge in [-0.1, -0.05) is 97.1 Å². The fourth-order valence-electron chi connectivity index (χ4n) is 7.38. The molecular formula is C42H41NO4. The van der Waals surface area contributed by atoms with E-state index in [0.29, 0.717) is 6.42 Å². The van der Waals surface area contributed by atoms with Crippen molar-refractivity contribution < 1.29 is 19.1 Å². The second-order valence-electron chi connectivity index (χ2n) is 14.6. The molecule has 7 rings (SSSR count). The number of ether oxygens (including phenoxy) is 2.